The molecule has 0 bridgehead atoms. The van der Waals surface area contributed by atoms with E-state index in [1.54, 1.807) is 6.92 Å². The van der Waals surface area contributed by atoms with E-state index in [4.69, 9.17) is 16.3 Å². The minimum absolute atomic E-state index is 0.128. The molecule has 3 nitrogen and oxygen atoms in total. The molecule has 6 heteroatoms. The number of hydrogen-bond donors (Lipinski definition) is 0. The fourth-order valence-corrected chi connectivity index (χ4v) is 2.35. The maximum atomic E-state index is 13.3. The van der Waals surface area contributed by atoms with Crippen molar-refractivity contribution in [2.45, 2.75) is 6.92 Å². The third kappa shape index (κ3) is 2.33. The van der Waals surface area contributed by atoms with Gasteiger partial charge in [-0.2, -0.15) is 0 Å². The van der Waals surface area contributed by atoms with Gasteiger partial charge in [0, 0.05) is 16.1 Å². The fraction of sp³-hybridized carbons (Fsp3) is 0.167. The third-order valence-electron chi connectivity index (χ3n) is 2.32. The van der Waals surface area contributed by atoms with Gasteiger partial charge in [0.05, 0.1) is 22.7 Å². The molecule has 0 atom stereocenters. The van der Waals surface area contributed by atoms with Gasteiger partial charge in [-0.05, 0) is 35.0 Å². The van der Waals surface area contributed by atoms with Crippen LogP contribution < -0.4 is 0 Å². The SMILES string of the molecule is CCOC(=O)c1cnc2c(Br)cc(F)cc2c1Cl. The lowest BCUT2D eigenvalue weighted by atomic mass is 10.1. The normalized spacial score (nSPS) is 10.7. The summed E-state index contributed by atoms with van der Waals surface area (Å²) >= 11 is 9.28. The summed E-state index contributed by atoms with van der Waals surface area (Å²) in [5, 5.41) is 0.507. The first kappa shape index (κ1) is 13.2. The lowest BCUT2D eigenvalue weighted by Gasteiger charge is -2.07. The van der Waals surface area contributed by atoms with Crippen LogP contribution in [0.4, 0.5) is 4.39 Å². The Balaban J connectivity index is 2.67. The smallest absolute Gasteiger partial charge is 0.341 e. The van der Waals surface area contributed by atoms with Gasteiger partial charge < -0.3 is 4.74 Å². The fourth-order valence-electron chi connectivity index (χ4n) is 1.55. The predicted octanol–water partition coefficient (Wildman–Crippen LogP) is 3.97. The Kier molecular flexibility index (Phi) is 3.82. The maximum absolute atomic E-state index is 13.3. The molecule has 2 aromatic rings. The van der Waals surface area contributed by atoms with Crippen LogP contribution in [0.25, 0.3) is 10.9 Å². The quantitative estimate of drug-likeness (QED) is 0.781. The molecular weight excluding hydrogens is 324 g/mol. The van der Waals surface area contributed by atoms with Crippen molar-refractivity contribution in [2.24, 2.45) is 0 Å². The molecule has 0 aliphatic carbocycles. The number of hydrogen-bond acceptors (Lipinski definition) is 3. The second-order valence-corrected chi connectivity index (χ2v) is 4.72. The van der Waals surface area contributed by atoms with Crippen LogP contribution in [0.2, 0.25) is 5.02 Å². The Hall–Kier alpha value is -1.20. The van der Waals surface area contributed by atoms with Crippen LogP contribution in [0.5, 0.6) is 0 Å². The highest BCUT2D eigenvalue weighted by Gasteiger charge is 2.16. The van der Waals surface area contributed by atoms with E-state index in [1.165, 1.54) is 18.3 Å². The molecule has 0 radical (unpaired) electrons. The van der Waals surface area contributed by atoms with E-state index in [2.05, 4.69) is 20.9 Å². The number of nitrogens with zero attached hydrogens (tertiary/aromatic N) is 1. The molecule has 1 aromatic carbocycles. The number of fused-ring (bicyclic) bond motifs is 1. The standard InChI is InChI=1S/C12H8BrClFNO2/c1-2-18-12(17)8-5-16-11-7(10(8)14)3-6(15)4-9(11)13/h3-5H,2H2,1H3. The number of halogens is 3. The van der Waals surface area contributed by atoms with Crippen molar-refractivity contribution in [3.63, 3.8) is 0 Å². The largest absolute Gasteiger partial charge is 0.462 e. The van der Waals surface area contributed by atoms with Gasteiger partial charge in [-0.25, -0.2) is 9.18 Å². The number of esters is 1. The average Bonchev–Trinajstić information content (AvgIpc) is 2.30. The summed E-state index contributed by atoms with van der Waals surface area (Å²) in [4.78, 5) is 15.7. The molecule has 0 amide bonds. The number of carbonyl (C=O) groups is 1. The Labute approximate surface area is 116 Å². The van der Waals surface area contributed by atoms with Crippen molar-refractivity contribution >= 4 is 44.4 Å². The average molecular weight is 333 g/mol. The van der Waals surface area contributed by atoms with Crippen LogP contribution in [-0.4, -0.2) is 17.6 Å². The van der Waals surface area contributed by atoms with Crippen molar-refractivity contribution in [2.75, 3.05) is 6.61 Å². The summed E-state index contributed by atoms with van der Waals surface area (Å²) in [7, 11) is 0. The molecule has 18 heavy (non-hydrogen) atoms. The van der Waals surface area contributed by atoms with Gasteiger partial charge in [-0.15, -0.1) is 0 Å². The minimum atomic E-state index is -0.572. The van der Waals surface area contributed by atoms with E-state index in [0.717, 1.165) is 0 Å². The van der Waals surface area contributed by atoms with Crippen molar-refractivity contribution in [3.8, 4) is 0 Å². The molecule has 0 saturated heterocycles. The van der Waals surface area contributed by atoms with Crippen molar-refractivity contribution in [1.82, 2.24) is 4.98 Å². The molecule has 0 saturated carbocycles. The van der Waals surface area contributed by atoms with Crippen LogP contribution in [0.3, 0.4) is 0 Å². The summed E-state index contributed by atoms with van der Waals surface area (Å²) in [6.45, 7) is 1.93. The summed E-state index contributed by atoms with van der Waals surface area (Å²) in [6.07, 6.45) is 1.32. The molecule has 1 heterocycles. The van der Waals surface area contributed by atoms with Crippen LogP contribution in [0.15, 0.2) is 22.8 Å². The first-order chi connectivity index (χ1) is 8.54. The molecule has 1 aromatic heterocycles. The Morgan fingerprint density at radius 2 is 2.28 bits per heavy atom. The highest BCUT2D eigenvalue weighted by molar-refractivity contribution is 9.10. The molecule has 0 N–H and O–H groups in total. The zero-order valence-electron chi connectivity index (χ0n) is 9.34. The molecule has 0 spiro atoms. The van der Waals surface area contributed by atoms with Crippen molar-refractivity contribution < 1.29 is 13.9 Å². The number of rotatable bonds is 2. The lowest BCUT2D eigenvalue weighted by Crippen LogP contribution is -2.06. The molecule has 0 unspecified atom stereocenters. The molecule has 0 fully saturated rings. The van der Waals surface area contributed by atoms with Crippen LogP contribution in [0, 0.1) is 5.82 Å². The Morgan fingerprint density at radius 1 is 1.56 bits per heavy atom. The van der Waals surface area contributed by atoms with Crippen molar-refractivity contribution in [3.05, 3.63) is 39.2 Å². The number of pyridine rings is 1. The second kappa shape index (κ2) is 5.20. The van der Waals surface area contributed by atoms with E-state index in [1.807, 2.05) is 0 Å². The molecule has 2 rings (SSSR count). The minimum Gasteiger partial charge on any atom is -0.462 e. The summed E-state index contributed by atoms with van der Waals surface area (Å²) in [6, 6.07) is 2.52. The number of ether oxygens (including phenoxy) is 1. The highest BCUT2D eigenvalue weighted by Crippen LogP contribution is 2.31. The summed E-state index contributed by atoms with van der Waals surface area (Å²) in [5.41, 5.74) is 0.623. The number of benzene rings is 1. The molecule has 94 valence electrons. The monoisotopic (exact) mass is 331 g/mol. The van der Waals surface area contributed by atoms with Gasteiger partial charge in [-0.1, -0.05) is 11.6 Å². The van der Waals surface area contributed by atoms with E-state index in [0.29, 0.717) is 15.4 Å². The molecule has 0 aliphatic rings. The van der Waals surface area contributed by atoms with Gasteiger partial charge in [0.25, 0.3) is 0 Å². The topological polar surface area (TPSA) is 39.2 Å². The molecular formula is C12H8BrClFNO2. The maximum Gasteiger partial charge on any atom is 0.341 e. The first-order valence-corrected chi connectivity index (χ1v) is 6.32. The Bertz CT molecular complexity index is 633. The van der Waals surface area contributed by atoms with Crippen molar-refractivity contribution in [1.29, 1.82) is 0 Å². The molecule has 0 aliphatic heterocycles. The van der Waals surface area contributed by atoms with Gasteiger partial charge in [0.2, 0.25) is 0 Å². The van der Waals surface area contributed by atoms with E-state index < -0.39 is 11.8 Å². The van der Waals surface area contributed by atoms with Gasteiger partial charge >= 0.3 is 5.97 Å². The summed E-state index contributed by atoms with van der Waals surface area (Å²) < 4.78 is 18.7. The van der Waals surface area contributed by atoms with Gasteiger partial charge in [0.1, 0.15) is 5.82 Å². The van der Waals surface area contributed by atoms with Gasteiger partial charge in [-0.3, -0.25) is 4.98 Å². The zero-order chi connectivity index (χ0) is 13.3. The highest BCUT2D eigenvalue weighted by atomic mass is 79.9. The van der Waals surface area contributed by atoms with E-state index >= 15 is 0 Å². The summed E-state index contributed by atoms with van der Waals surface area (Å²) in [5.74, 6) is -1.03. The Morgan fingerprint density at radius 3 is 2.94 bits per heavy atom. The first-order valence-electron chi connectivity index (χ1n) is 5.15. The number of aromatic nitrogens is 1. The zero-order valence-corrected chi connectivity index (χ0v) is 11.7. The second-order valence-electron chi connectivity index (χ2n) is 3.49. The van der Waals surface area contributed by atoms with Crippen LogP contribution in [0.1, 0.15) is 17.3 Å². The van der Waals surface area contributed by atoms with E-state index in [-0.39, 0.29) is 17.2 Å². The van der Waals surface area contributed by atoms with Gasteiger partial charge in [0.15, 0.2) is 0 Å². The van der Waals surface area contributed by atoms with E-state index in [9.17, 15) is 9.18 Å². The lowest BCUT2D eigenvalue weighted by molar-refractivity contribution is 0.0526. The van der Waals surface area contributed by atoms with Crippen LogP contribution >= 0.6 is 27.5 Å². The van der Waals surface area contributed by atoms with Crippen LogP contribution in [-0.2, 0) is 4.74 Å². The third-order valence-corrected chi connectivity index (χ3v) is 3.33. The number of carbonyl (C=O) groups excluding carboxylic acids is 1. The predicted molar refractivity (Wildman–Crippen MR) is 70.4 cm³/mol.